The number of halogens is 3. The number of piperazine rings is 1. The van der Waals surface area contributed by atoms with Crippen LogP contribution in [0.25, 0.3) is 0 Å². The van der Waals surface area contributed by atoms with Gasteiger partial charge in [0.1, 0.15) is 5.69 Å². The average molecular weight is 273 g/mol. The van der Waals surface area contributed by atoms with Gasteiger partial charge >= 0.3 is 6.18 Å². The standard InChI is InChI=1S/C12H14F3N3O/c1-7-4-10(12(13,14)15)18-6-8(7)5-9-11(19)17-3-2-16-9/h4,6,9,16H,2-3,5H2,1H3,(H,17,19). The van der Waals surface area contributed by atoms with Crippen LogP contribution >= 0.6 is 0 Å². The fourth-order valence-corrected chi connectivity index (χ4v) is 1.99. The van der Waals surface area contributed by atoms with Gasteiger partial charge in [0.2, 0.25) is 5.91 Å². The van der Waals surface area contributed by atoms with Gasteiger partial charge in [0.25, 0.3) is 0 Å². The highest BCUT2D eigenvalue weighted by atomic mass is 19.4. The van der Waals surface area contributed by atoms with Crippen LogP contribution in [0.5, 0.6) is 0 Å². The van der Waals surface area contributed by atoms with Crippen molar-refractivity contribution in [3.05, 3.63) is 29.1 Å². The van der Waals surface area contributed by atoms with Gasteiger partial charge in [0.15, 0.2) is 0 Å². The van der Waals surface area contributed by atoms with E-state index in [2.05, 4.69) is 15.6 Å². The molecule has 1 amide bonds. The second-order valence-electron chi connectivity index (χ2n) is 4.50. The molecule has 2 N–H and O–H groups in total. The van der Waals surface area contributed by atoms with Gasteiger partial charge in [-0.2, -0.15) is 13.2 Å². The van der Waals surface area contributed by atoms with Crippen LogP contribution < -0.4 is 10.6 Å². The summed E-state index contributed by atoms with van der Waals surface area (Å²) in [5.41, 5.74) is 0.222. The third-order valence-corrected chi connectivity index (χ3v) is 3.07. The number of aryl methyl sites for hydroxylation is 1. The Morgan fingerprint density at radius 1 is 1.42 bits per heavy atom. The Kier molecular flexibility index (Phi) is 3.75. The summed E-state index contributed by atoms with van der Waals surface area (Å²) in [5.74, 6) is -0.134. The van der Waals surface area contributed by atoms with E-state index in [1.165, 1.54) is 6.20 Å². The molecule has 1 fully saturated rings. The van der Waals surface area contributed by atoms with Crippen LogP contribution in [0.15, 0.2) is 12.3 Å². The molecule has 0 aliphatic carbocycles. The molecule has 1 aliphatic rings. The lowest BCUT2D eigenvalue weighted by atomic mass is 10.0. The highest BCUT2D eigenvalue weighted by molar-refractivity contribution is 5.82. The minimum atomic E-state index is -4.44. The Bertz CT molecular complexity index is 488. The number of carbonyl (C=O) groups is 1. The van der Waals surface area contributed by atoms with Gasteiger partial charge in [-0.1, -0.05) is 0 Å². The summed E-state index contributed by atoms with van der Waals surface area (Å²) in [4.78, 5) is 15.0. The normalized spacial score (nSPS) is 20.2. The van der Waals surface area contributed by atoms with Crippen molar-refractivity contribution in [2.75, 3.05) is 13.1 Å². The highest BCUT2D eigenvalue weighted by Crippen LogP contribution is 2.28. The average Bonchev–Trinajstić information content (AvgIpc) is 2.33. The van der Waals surface area contributed by atoms with Gasteiger partial charge in [0, 0.05) is 19.3 Å². The first-order valence-electron chi connectivity index (χ1n) is 5.92. The molecule has 4 nitrogen and oxygen atoms in total. The number of carbonyl (C=O) groups excluding carboxylic acids is 1. The van der Waals surface area contributed by atoms with Gasteiger partial charge in [-0.15, -0.1) is 0 Å². The van der Waals surface area contributed by atoms with Crippen molar-refractivity contribution in [1.29, 1.82) is 0 Å². The van der Waals surface area contributed by atoms with E-state index in [0.717, 1.165) is 6.07 Å². The molecule has 1 aromatic rings. The molecule has 104 valence electrons. The molecule has 1 unspecified atom stereocenters. The maximum absolute atomic E-state index is 12.5. The molecule has 0 bridgehead atoms. The van der Waals surface area contributed by atoms with Gasteiger partial charge in [0.05, 0.1) is 6.04 Å². The maximum Gasteiger partial charge on any atom is 0.433 e. The molecule has 1 atom stereocenters. The molecule has 7 heteroatoms. The summed E-state index contributed by atoms with van der Waals surface area (Å²) >= 11 is 0. The lowest BCUT2D eigenvalue weighted by molar-refractivity contribution is -0.141. The number of aromatic nitrogens is 1. The van der Waals surface area contributed by atoms with E-state index in [1.807, 2.05) is 0 Å². The Morgan fingerprint density at radius 2 is 2.16 bits per heavy atom. The van der Waals surface area contributed by atoms with E-state index in [4.69, 9.17) is 0 Å². The second-order valence-corrected chi connectivity index (χ2v) is 4.50. The minimum Gasteiger partial charge on any atom is -0.353 e. The molecule has 2 heterocycles. The molecular weight excluding hydrogens is 259 g/mol. The van der Waals surface area contributed by atoms with E-state index in [0.29, 0.717) is 30.6 Å². The van der Waals surface area contributed by atoms with E-state index >= 15 is 0 Å². The molecule has 1 saturated heterocycles. The Labute approximate surface area is 108 Å². The Hall–Kier alpha value is -1.63. The van der Waals surface area contributed by atoms with Gasteiger partial charge in [-0.05, 0) is 30.5 Å². The van der Waals surface area contributed by atoms with Crippen LogP contribution in [0.2, 0.25) is 0 Å². The van der Waals surface area contributed by atoms with Crippen molar-refractivity contribution in [2.24, 2.45) is 0 Å². The predicted molar refractivity (Wildman–Crippen MR) is 62.5 cm³/mol. The summed E-state index contributed by atoms with van der Waals surface area (Å²) < 4.78 is 37.4. The molecule has 0 radical (unpaired) electrons. The molecule has 0 aromatic carbocycles. The number of nitrogens with zero attached hydrogens (tertiary/aromatic N) is 1. The molecule has 19 heavy (non-hydrogen) atoms. The highest BCUT2D eigenvalue weighted by Gasteiger charge is 2.33. The minimum absolute atomic E-state index is 0.134. The zero-order chi connectivity index (χ0) is 14.0. The maximum atomic E-state index is 12.5. The smallest absolute Gasteiger partial charge is 0.353 e. The first kappa shape index (κ1) is 13.8. The fraction of sp³-hybridized carbons (Fsp3) is 0.500. The summed E-state index contributed by atoms with van der Waals surface area (Å²) in [5, 5.41) is 5.73. The van der Waals surface area contributed by atoms with Crippen molar-refractivity contribution in [2.45, 2.75) is 25.6 Å². The van der Waals surface area contributed by atoms with E-state index in [9.17, 15) is 18.0 Å². The van der Waals surface area contributed by atoms with E-state index < -0.39 is 17.9 Å². The van der Waals surface area contributed by atoms with E-state index in [-0.39, 0.29) is 5.91 Å². The van der Waals surface area contributed by atoms with Crippen LogP contribution in [-0.2, 0) is 17.4 Å². The lowest BCUT2D eigenvalue weighted by Gasteiger charge is -2.24. The zero-order valence-corrected chi connectivity index (χ0v) is 10.3. The molecule has 1 aromatic heterocycles. The van der Waals surface area contributed by atoms with Crippen molar-refractivity contribution in [1.82, 2.24) is 15.6 Å². The van der Waals surface area contributed by atoms with Crippen molar-refractivity contribution >= 4 is 5.91 Å². The van der Waals surface area contributed by atoms with Gasteiger partial charge in [-0.3, -0.25) is 9.78 Å². The third kappa shape index (κ3) is 3.23. The van der Waals surface area contributed by atoms with Crippen molar-refractivity contribution in [3.8, 4) is 0 Å². The van der Waals surface area contributed by atoms with Crippen LogP contribution in [-0.4, -0.2) is 30.0 Å². The van der Waals surface area contributed by atoms with Crippen LogP contribution in [0, 0.1) is 6.92 Å². The topological polar surface area (TPSA) is 54.0 Å². The Balaban J connectivity index is 2.15. The number of hydrogen-bond donors (Lipinski definition) is 2. The van der Waals surface area contributed by atoms with Crippen molar-refractivity contribution < 1.29 is 18.0 Å². The number of nitrogens with one attached hydrogen (secondary N) is 2. The number of pyridine rings is 1. The molecule has 0 saturated carbocycles. The van der Waals surface area contributed by atoms with Crippen LogP contribution in [0.1, 0.15) is 16.8 Å². The second kappa shape index (κ2) is 5.16. The fourth-order valence-electron chi connectivity index (χ4n) is 1.99. The predicted octanol–water partition coefficient (Wildman–Crippen LogP) is 1.04. The largest absolute Gasteiger partial charge is 0.433 e. The Morgan fingerprint density at radius 3 is 2.74 bits per heavy atom. The quantitative estimate of drug-likeness (QED) is 0.846. The summed E-state index contributed by atoms with van der Waals surface area (Å²) in [6.07, 6.45) is -2.91. The summed E-state index contributed by atoms with van der Waals surface area (Å²) in [6, 6.07) is 0.599. The lowest BCUT2D eigenvalue weighted by Crippen LogP contribution is -2.53. The third-order valence-electron chi connectivity index (χ3n) is 3.07. The van der Waals surface area contributed by atoms with E-state index in [1.54, 1.807) is 6.92 Å². The monoisotopic (exact) mass is 273 g/mol. The SMILES string of the molecule is Cc1cc(C(F)(F)F)ncc1CC1NCCNC1=O. The zero-order valence-electron chi connectivity index (χ0n) is 10.3. The van der Waals surface area contributed by atoms with Crippen molar-refractivity contribution in [3.63, 3.8) is 0 Å². The van der Waals surface area contributed by atoms with Gasteiger partial charge in [-0.25, -0.2) is 0 Å². The summed E-state index contributed by atoms with van der Waals surface area (Å²) in [7, 11) is 0. The molecule has 0 spiro atoms. The number of amides is 1. The molecule has 2 rings (SSSR count). The first-order valence-corrected chi connectivity index (χ1v) is 5.92. The summed E-state index contributed by atoms with van der Waals surface area (Å²) in [6.45, 7) is 2.82. The van der Waals surface area contributed by atoms with Crippen LogP contribution in [0.3, 0.4) is 0 Å². The van der Waals surface area contributed by atoms with Crippen LogP contribution in [0.4, 0.5) is 13.2 Å². The molecule has 1 aliphatic heterocycles. The number of alkyl halides is 3. The first-order chi connectivity index (χ1) is 8.88. The van der Waals surface area contributed by atoms with Gasteiger partial charge < -0.3 is 10.6 Å². The molecular formula is C12H14F3N3O. The number of rotatable bonds is 2. The number of hydrogen-bond acceptors (Lipinski definition) is 3.